The molecule has 1 rings (SSSR count). The van der Waals surface area contributed by atoms with Gasteiger partial charge in [-0.2, -0.15) is 5.10 Å². The van der Waals surface area contributed by atoms with Crippen LogP contribution >= 0.6 is 0 Å². The maximum Gasteiger partial charge on any atom is 0.140 e. The Labute approximate surface area is 117 Å². The van der Waals surface area contributed by atoms with Crippen molar-refractivity contribution in [2.24, 2.45) is 5.73 Å². The van der Waals surface area contributed by atoms with E-state index in [0.29, 0.717) is 6.54 Å². The Bertz CT molecular complexity index is 309. The molecule has 0 amide bonds. The van der Waals surface area contributed by atoms with Gasteiger partial charge >= 0.3 is 0 Å². The third-order valence-corrected chi connectivity index (χ3v) is 3.60. The molecule has 0 fully saturated rings. The largest absolute Gasteiger partial charge is 0.324 e. The van der Waals surface area contributed by atoms with Crippen LogP contribution in [0, 0.1) is 0 Å². The van der Waals surface area contributed by atoms with Crippen molar-refractivity contribution in [3.8, 4) is 0 Å². The smallest absolute Gasteiger partial charge is 0.140 e. The second kappa shape index (κ2) is 11.0. The lowest BCUT2D eigenvalue weighted by atomic mass is 10.1. The average Bonchev–Trinajstić information content (AvgIpc) is 2.88. The molecule has 1 aromatic heterocycles. The van der Waals surface area contributed by atoms with E-state index >= 15 is 0 Å². The topological polar surface area (TPSA) is 56.7 Å². The lowest BCUT2D eigenvalue weighted by Gasteiger charge is -2.04. The first-order valence-electron chi connectivity index (χ1n) is 7.95. The molecular formula is C15H30N4. The van der Waals surface area contributed by atoms with Crippen LogP contribution < -0.4 is 5.73 Å². The summed E-state index contributed by atoms with van der Waals surface area (Å²) in [5.41, 5.74) is 5.59. The molecule has 0 saturated heterocycles. The van der Waals surface area contributed by atoms with Gasteiger partial charge in [-0.1, -0.05) is 64.7 Å². The molecule has 0 radical (unpaired) electrons. The van der Waals surface area contributed by atoms with E-state index in [4.69, 9.17) is 5.73 Å². The molecule has 19 heavy (non-hydrogen) atoms. The third-order valence-electron chi connectivity index (χ3n) is 3.60. The average molecular weight is 266 g/mol. The van der Waals surface area contributed by atoms with Crippen molar-refractivity contribution in [3.63, 3.8) is 0 Å². The molecule has 0 unspecified atom stereocenters. The van der Waals surface area contributed by atoms with Crippen LogP contribution in [0.4, 0.5) is 0 Å². The lowest BCUT2D eigenvalue weighted by molar-refractivity contribution is 0.503. The van der Waals surface area contributed by atoms with Gasteiger partial charge < -0.3 is 5.73 Å². The van der Waals surface area contributed by atoms with Gasteiger partial charge in [-0.3, -0.25) is 0 Å². The highest BCUT2D eigenvalue weighted by Gasteiger charge is 2.00. The van der Waals surface area contributed by atoms with Gasteiger partial charge in [0.1, 0.15) is 12.2 Å². The number of hydrogen-bond donors (Lipinski definition) is 1. The Hall–Kier alpha value is -0.900. The van der Waals surface area contributed by atoms with E-state index < -0.39 is 0 Å². The molecule has 0 saturated carbocycles. The number of aryl methyl sites for hydroxylation is 1. The summed E-state index contributed by atoms with van der Waals surface area (Å²) in [7, 11) is 0. The third kappa shape index (κ3) is 7.31. The van der Waals surface area contributed by atoms with Crippen molar-refractivity contribution in [1.29, 1.82) is 0 Å². The maximum atomic E-state index is 5.59. The fourth-order valence-electron chi connectivity index (χ4n) is 2.38. The molecule has 110 valence electrons. The first-order valence-corrected chi connectivity index (χ1v) is 7.95. The zero-order chi connectivity index (χ0) is 13.8. The Balaban J connectivity index is 1.89. The first-order chi connectivity index (χ1) is 9.38. The van der Waals surface area contributed by atoms with Crippen molar-refractivity contribution in [2.45, 2.75) is 84.2 Å². The minimum Gasteiger partial charge on any atom is -0.324 e. The summed E-state index contributed by atoms with van der Waals surface area (Å²) in [6, 6.07) is 0. The van der Waals surface area contributed by atoms with Gasteiger partial charge in [-0.15, -0.1) is 0 Å². The fourth-order valence-corrected chi connectivity index (χ4v) is 2.38. The molecule has 1 aromatic rings. The lowest BCUT2D eigenvalue weighted by Crippen LogP contribution is -2.10. The molecule has 0 bridgehead atoms. The maximum absolute atomic E-state index is 5.59. The summed E-state index contributed by atoms with van der Waals surface area (Å²) in [4.78, 5) is 4.13. The van der Waals surface area contributed by atoms with E-state index in [1.807, 2.05) is 4.68 Å². The highest BCUT2D eigenvalue weighted by molar-refractivity contribution is 4.81. The summed E-state index contributed by atoms with van der Waals surface area (Å²) in [5, 5.41) is 4.19. The van der Waals surface area contributed by atoms with Crippen molar-refractivity contribution in [1.82, 2.24) is 14.8 Å². The molecule has 0 aliphatic carbocycles. The Morgan fingerprint density at radius 2 is 1.53 bits per heavy atom. The van der Waals surface area contributed by atoms with Gasteiger partial charge in [-0.05, 0) is 6.42 Å². The van der Waals surface area contributed by atoms with Gasteiger partial charge in [-0.25, -0.2) is 9.67 Å². The summed E-state index contributed by atoms with van der Waals surface area (Å²) < 4.78 is 1.94. The minimum absolute atomic E-state index is 0.484. The van der Waals surface area contributed by atoms with Crippen molar-refractivity contribution in [2.75, 3.05) is 0 Å². The van der Waals surface area contributed by atoms with Crippen LogP contribution in [-0.2, 0) is 13.1 Å². The number of rotatable bonds is 12. The standard InChI is InChI=1S/C15H30N4/c1-2-3-4-5-6-7-8-9-10-11-12-19-15(13-16)17-14-18-19/h14H,2-13,16H2,1H3. The number of nitrogens with zero attached hydrogens (tertiary/aromatic N) is 3. The SMILES string of the molecule is CCCCCCCCCCCCn1ncnc1CN. The van der Waals surface area contributed by atoms with Crippen LogP contribution in [0.3, 0.4) is 0 Å². The van der Waals surface area contributed by atoms with Crippen LogP contribution in [0.25, 0.3) is 0 Å². The second-order valence-electron chi connectivity index (χ2n) is 5.29. The quantitative estimate of drug-likeness (QED) is 0.587. The Morgan fingerprint density at radius 1 is 0.947 bits per heavy atom. The van der Waals surface area contributed by atoms with Crippen molar-refractivity contribution < 1.29 is 0 Å². The van der Waals surface area contributed by atoms with Crippen molar-refractivity contribution >= 4 is 0 Å². The van der Waals surface area contributed by atoms with Crippen LogP contribution in [0.5, 0.6) is 0 Å². The second-order valence-corrected chi connectivity index (χ2v) is 5.29. The molecule has 1 heterocycles. The number of unbranched alkanes of at least 4 members (excludes halogenated alkanes) is 9. The van der Waals surface area contributed by atoms with E-state index in [2.05, 4.69) is 17.0 Å². The van der Waals surface area contributed by atoms with Crippen LogP contribution in [0.1, 0.15) is 77.0 Å². The molecular weight excluding hydrogens is 236 g/mol. The predicted molar refractivity (Wildman–Crippen MR) is 79.8 cm³/mol. The molecule has 0 aromatic carbocycles. The highest BCUT2D eigenvalue weighted by atomic mass is 15.3. The fraction of sp³-hybridized carbons (Fsp3) is 0.867. The highest BCUT2D eigenvalue weighted by Crippen LogP contribution is 2.10. The zero-order valence-electron chi connectivity index (χ0n) is 12.5. The van der Waals surface area contributed by atoms with Gasteiger partial charge in [0.25, 0.3) is 0 Å². The summed E-state index contributed by atoms with van der Waals surface area (Å²) >= 11 is 0. The summed E-state index contributed by atoms with van der Waals surface area (Å²) in [6.07, 6.45) is 15.2. The van der Waals surface area contributed by atoms with E-state index in [9.17, 15) is 0 Å². The minimum atomic E-state index is 0.484. The number of nitrogens with two attached hydrogens (primary N) is 1. The number of aromatic nitrogens is 3. The molecule has 0 aliphatic rings. The van der Waals surface area contributed by atoms with Gasteiger partial charge in [0.05, 0.1) is 6.54 Å². The van der Waals surface area contributed by atoms with Crippen LogP contribution in [0.15, 0.2) is 6.33 Å². The normalized spacial score (nSPS) is 11.1. The van der Waals surface area contributed by atoms with Gasteiger partial charge in [0.2, 0.25) is 0 Å². The summed E-state index contributed by atoms with van der Waals surface area (Å²) in [5.74, 6) is 0.899. The van der Waals surface area contributed by atoms with E-state index in [0.717, 1.165) is 12.4 Å². The first kappa shape index (κ1) is 16.2. The van der Waals surface area contributed by atoms with Gasteiger partial charge in [0.15, 0.2) is 0 Å². The number of hydrogen-bond acceptors (Lipinski definition) is 3. The molecule has 4 heteroatoms. The van der Waals surface area contributed by atoms with Gasteiger partial charge in [0, 0.05) is 6.54 Å². The zero-order valence-corrected chi connectivity index (χ0v) is 12.5. The van der Waals surface area contributed by atoms with E-state index in [-0.39, 0.29) is 0 Å². The van der Waals surface area contributed by atoms with Crippen LogP contribution in [-0.4, -0.2) is 14.8 Å². The molecule has 0 aliphatic heterocycles. The predicted octanol–water partition coefficient (Wildman–Crippen LogP) is 3.66. The van der Waals surface area contributed by atoms with Crippen molar-refractivity contribution in [3.05, 3.63) is 12.2 Å². The molecule has 2 N–H and O–H groups in total. The molecule has 0 atom stereocenters. The molecule has 0 spiro atoms. The summed E-state index contributed by atoms with van der Waals surface area (Å²) in [6.45, 7) is 3.71. The Morgan fingerprint density at radius 3 is 2.11 bits per heavy atom. The Kier molecular flexibility index (Phi) is 9.33. The van der Waals surface area contributed by atoms with E-state index in [1.54, 1.807) is 6.33 Å². The monoisotopic (exact) mass is 266 g/mol. The molecule has 4 nitrogen and oxygen atoms in total. The van der Waals surface area contributed by atoms with Crippen LogP contribution in [0.2, 0.25) is 0 Å². The van der Waals surface area contributed by atoms with E-state index in [1.165, 1.54) is 64.2 Å².